The Labute approximate surface area is 145 Å². The number of benzene rings is 1. The number of aryl methyl sites for hydroxylation is 1. The van der Waals surface area contributed by atoms with Crippen molar-refractivity contribution < 1.29 is 4.79 Å². The Balaban J connectivity index is 1.86. The van der Waals surface area contributed by atoms with Crippen LogP contribution in [0.3, 0.4) is 0 Å². The van der Waals surface area contributed by atoms with Crippen molar-refractivity contribution in [1.29, 1.82) is 0 Å². The van der Waals surface area contributed by atoms with Gasteiger partial charge in [0.2, 0.25) is 0 Å². The minimum atomic E-state index is -0.0607. The molecule has 0 spiro atoms. The summed E-state index contributed by atoms with van der Waals surface area (Å²) in [5, 5.41) is 4.72. The summed E-state index contributed by atoms with van der Waals surface area (Å²) in [6.07, 6.45) is 5.03. The fraction of sp³-hybridized carbons (Fsp3) is 0.263. The van der Waals surface area contributed by atoms with Crippen LogP contribution in [-0.2, 0) is 0 Å². The lowest BCUT2D eigenvalue weighted by atomic mass is 9.93. The highest BCUT2D eigenvalue weighted by Crippen LogP contribution is 2.27. The predicted octanol–water partition coefficient (Wildman–Crippen LogP) is 4.27. The van der Waals surface area contributed by atoms with Gasteiger partial charge in [0.25, 0.3) is 5.91 Å². The van der Waals surface area contributed by atoms with Crippen molar-refractivity contribution in [1.82, 2.24) is 14.9 Å². The molecular formula is C19H18ClN3O. The molecule has 1 N–H and O–H groups in total. The van der Waals surface area contributed by atoms with Gasteiger partial charge >= 0.3 is 0 Å². The number of carbonyl (C=O) groups is 1. The highest BCUT2D eigenvalue weighted by atomic mass is 35.5. The van der Waals surface area contributed by atoms with Crippen molar-refractivity contribution in [2.75, 3.05) is 0 Å². The predicted molar refractivity (Wildman–Crippen MR) is 95.9 cm³/mol. The molecule has 2 aromatic heterocycles. The first kappa shape index (κ1) is 15.2. The number of halogens is 1. The molecule has 2 heterocycles. The maximum atomic E-state index is 12.8. The van der Waals surface area contributed by atoms with E-state index in [0.29, 0.717) is 16.8 Å². The zero-order valence-corrected chi connectivity index (χ0v) is 14.2. The van der Waals surface area contributed by atoms with E-state index in [1.54, 1.807) is 6.20 Å². The third kappa shape index (κ3) is 2.57. The van der Waals surface area contributed by atoms with Crippen LogP contribution in [-0.4, -0.2) is 21.5 Å². The van der Waals surface area contributed by atoms with Crippen LogP contribution in [0.15, 0.2) is 42.6 Å². The first-order valence-electron chi connectivity index (χ1n) is 8.17. The molecule has 24 heavy (non-hydrogen) atoms. The Kier molecular flexibility index (Phi) is 3.77. The Bertz CT molecular complexity index is 928. The fourth-order valence-electron chi connectivity index (χ4n) is 3.00. The van der Waals surface area contributed by atoms with Crippen molar-refractivity contribution >= 4 is 28.5 Å². The monoisotopic (exact) mass is 339 g/mol. The standard InChI is InChI=1S/C19H18ClN3O/c1-12-7-8-15(11-16(12)20)23-17(19(24)22-14-5-2-6-14)10-13-4-3-9-21-18(13)23/h3-4,7-11,14H,2,5-6H2,1H3,(H,22,24). The largest absolute Gasteiger partial charge is 0.348 e. The van der Waals surface area contributed by atoms with Gasteiger partial charge in [0.1, 0.15) is 11.3 Å². The average molecular weight is 340 g/mol. The molecule has 0 radical (unpaired) electrons. The van der Waals surface area contributed by atoms with E-state index in [4.69, 9.17) is 11.6 Å². The van der Waals surface area contributed by atoms with Crippen molar-refractivity contribution in [3.05, 3.63) is 58.9 Å². The summed E-state index contributed by atoms with van der Waals surface area (Å²) in [6, 6.07) is 11.8. The molecule has 3 aromatic rings. The molecule has 1 aliphatic carbocycles. The molecule has 1 saturated carbocycles. The van der Waals surface area contributed by atoms with Crippen molar-refractivity contribution in [3.8, 4) is 5.69 Å². The molecule has 4 nitrogen and oxygen atoms in total. The summed E-state index contributed by atoms with van der Waals surface area (Å²) < 4.78 is 1.88. The first-order valence-corrected chi connectivity index (χ1v) is 8.55. The molecule has 0 aliphatic heterocycles. The maximum Gasteiger partial charge on any atom is 0.268 e. The first-order chi connectivity index (χ1) is 11.6. The highest BCUT2D eigenvalue weighted by Gasteiger charge is 2.23. The summed E-state index contributed by atoms with van der Waals surface area (Å²) in [4.78, 5) is 17.2. The van der Waals surface area contributed by atoms with Crippen LogP contribution in [0, 0.1) is 6.92 Å². The molecule has 1 aromatic carbocycles. The van der Waals surface area contributed by atoms with E-state index < -0.39 is 0 Å². The van der Waals surface area contributed by atoms with E-state index in [-0.39, 0.29) is 5.91 Å². The second-order valence-electron chi connectivity index (χ2n) is 6.32. The van der Waals surface area contributed by atoms with E-state index in [9.17, 15) is 4.79 Å². The summed E-state index contributed by atoms with van der Waals surface area (Å²) in [6.45, 7) is 1.96. The molecule has 122 valence electrons. The van der Waals surface area contributed by atoms with E-state index in [1.165, 1.54) is 6.42 Å². The van der Waals surface area contributed by atoms with Gasteiger partial charge in [0, 0.05) is 28.3 Å². The van der Waals surface area contributed by atoms with E-state index >= 15 is 0 Å². The minimum absolute atomic E-state index is 0.0607. The number of fused-ring (bicyclic) bond motifs is 1. The smallest absolute Gasteiger partial charge is 0.268 e. The maximum absolute atomic E-state index is 12.8. The van der Waals surface area contributed by atoms with Crippen LogP contribution in [0.4, 0.5) is 0 Å². The van der Waals surface area contributed by atoms with Crippen molar-refractivity contribution in [2.24, 2.45) is 0 Å². The lowest BCUT2D eigenvalue weighted by Crippen LogP contribution is -2.40. The van der Waals surface area contributed by atoms with Crippen LogP contribution in [0.2, 0.25) is 5.02 Å². The number of carbonyl (C=O) groups excluding carboxylic acids is 1. The molecule has 0 bridgehead atoms. The lowest BCUT2D eigenvalue weighted by Gasteiger charge is -2.26. The van der Waals surface area contributed by atoms with Gasteiger partial charge in [-0.3, -0.25) is 9.36 Å². The quantitative estimate of drug-likeness (QED) is 0.774. The van der Waals surface area contributed by atoms with Gasteiger partial charge in [0.05, 0.1) is 0 Å². The Morgan fingerprint density at radius 2 is 2.12 bits per heavy atom. The van der Waals surface area contributed by atoms with Gasteiger partial charge in [-0.25, -0.2) is 4.98 Å². The number of rotatable bonds is 3. The molecule has 0 unspecified atom stereocenters. The summed E-state index contributed by atoms with van der Waals surface area (Å²) >= 11 is 6.30. The zero-order chi connectivity index (χ0) is 16.7. The van der Waals surface area contributed by atoms with Gasteiger partial charge in [0.15, 0.2) is 0 Å². The van der Waals surface area contributed by atoms with Crippen LogP contribution >= 0.6 is 11.6 Å². The summed E-state index contributed by atoms with van der Waals surface area (Å²) in [5.74, 6) is -0.0607. The van der Waals surface area contributed by atoms with E-state index in [1.807, 2.05) is 47.9 Å². The third-order valence-electron chi connectivity index (χ3n) is 4.65. The number of hydrogen-bond donors (Lipinski definition) is 1. The third-order valence-corrected chi connectivity index (χ3v) is 5.06. The normalized spacial score (nSPS) is 14.6. The summed E-state index contributed by atoms with van der Waals surface area (Å²) in [5.41, 5.74) is 3.20. The molecule has 1 amide bonds. The molecule has 4 rings (SSSR count). The van der Waals surface area contributed by atoms with Gasteiger partial charge < -0.3 is 5.32 Å². The number of hydrogen-bond acceptors (Lipinski definition) is 2. The Morgan fingerprint density at radius 3 is 2.83 bits per heavy atom. The SMILES string of the molecule is Cc1ccc(-n2c(C(=O)NC3CCC3)cc3cccnc32)cc1Cl. The number of nitrogens with zero attached hydrogens (tertiary/aromatic N) is 2. The molecule has 5 heteroatoms. The minimum Gasteiger partial charge on any atom is -0.348 e. The Hall–Kier alpha value is -2.33. The number of pyridine rings is 1. The zero-order valence-electron chi connectivity index (χ0n) is 13.4. The molecular weight excluding hydrogens is 322 g/mol. The topological polar surface area (TPSA) is 46.9 Å². The number of aromatic nitrogens is 2. The summed E-state index contributed by atoms with van der Waals surface area (Å²) in [7, 11) is 0. The van der Waals surface area contributed by atoms with Crippen LogP contribution < -0.4 is 5.32 Å². The second-order valence-corrected chi connectivity index (χ2v) is 6.72. The van der Waals surface area contributed by atoms with Crippen molar-refractivity contribution in [2.45, 2.75) is 32.2 Å². The van der Waals surface area contributed by atoms with Crippen molar-refractivity contribution in [3.63, 3.8) is 0 Å². The molecule has 1 fully saturated rings. The van der Waals surface area contributed by atoms with Crippen LogP contribution in [0.1, 0.15) is 35.3 Å². The number of amides is 1. The fourth-order valence-corrected chi connectivity index (χ4v) is 3.17. The average Bonchev–Trinajstić information content (AvgIpc) is 2.93. The lowest BCUT2D eigenvalue weighted by molar-refractivity contribution is 0.0910. The van der Waals surface area contributed by atoms with E-state index in [2.05, 4.69) is 10.3 Å². The van der Waals surface area contributed by atoms with E-state index in [0.717, 1.165) is 35.1 Å². The molecule has 0 saturated heterocycles. The van der Waals surface area contributed by atoms with Gasteiger partial charge in [-0.15, -0.1) is 0 Å². The molecule has 1 aliphatic rings. The van der Waals surface area contributed by atoms with Gasteiger partial charge in [-0.2, -0.15) is 0 Å². The number of nitrogens with one attached hydrogen (secondary N) is 1. The highest BCUT2D eigenvalue weighted by molar-refractivity contribution is 6.31. The van der Waals surface area contributed by atoms with Crippen LogP contribution in [0.5, 0.6) is 0 Å². The Morgan fingerprint density at radius 1 is 1.29 bits per heavy atom. The van der Waals surface area contributed by atoms with Gasteiger partial charge in [-0.1, -0.05) is 17.7 Å². The van der Waals surface area contributed by atoms with Crippen LogP contribution in [0.25, 0.3) is 16.7 Å². The van der Waals surface area contributed by atoms with Gasteiger partial charge in [-0.05, 0) is 62.1 Å². The molecule has 0 atom stereocenters. The second kappa shape index (κ2) is 5.95.